The Hall–Kier alpha value is -0.720. The van der Waals surface area contributed by atoms with E-state index < -0.39 is 0 Å². The van der Waals surface area contributed by atoms with Crippen LogP contribution in [0.25, 0.3) is 0 Å². The Bertz CT molecular complexity index is 211. The minimum Gasteiger partial charge on any atom is -0.399 e. The van der Waals surface area contributed by atoms with E-state index in [1.165, 1.54) is 24.8 Å². The molecule has 0 aromatic heterocycles. The van der Waals surface area contributed by atoms with Gasteiger partial charge in [0, 0.05) is 5.70 Å². The summed E-state index contributed by atoms with van der Waals surface area (Å²) in [7, 11) is 0. The lowest BCUT2D eigenvalue weighted by molar-refractivity contribution is 0.800. The molecule has 0 radical (unpaired) electrons. The number of hydrogen-bond donors (Lipinski definition) is 1. The average molecular weight is 165 g/mol. The van der Waals surface area contributed by atoms with Gasteiger partial charge in [-0.1, -0.05) is 31.9 Å². The maximum Gasteiger partial charge on any atom is 0.0305 e. The van der Waals surface area contributed by atoms with E-state index >= 15 is 0 Å². The summed E-state index contributed by atoms with van der Waals surface area (Å²) in [6.45, 7) is 4.44. The summed E-state index contributed by atoms with van der Waals surface area (Å²) in [5, 5.41) is 0. The Balaban J connectivity index is 2.82. The maximum atomic E-state index is 5.93. The molecule has 0 heterocycles. The molecular formula is C11H19N. The summed E-state index contributed by atoms with van der Waals surface area (Å²) < 4.78 is 0. The van der Waals surface area contributed by atoms with E-state index in [1.54, 1.807) is 5.57 Å². The molecule has 0 saturated carbocycles. The standard InChI is InChI=1S/C11H19N/c1-3-6-10-9(4-2)7-5-8-11(10)12/h8H,3-7,12H2,1-2H3. The van der Waals surface area contributed by atoms with Crippen molar-refractivity contribution in [3.63, 3.8) is 0 Å². The predicted molar refractivity (Wildman–Crippen MR) is 53.7 cm³/mol. The zero-order valence-corrected chi connectivity index (χ0v) is 8.19. The minimum absolute atomic E-state index is 1.04. The first kappa shape index (κ1) is 9.37. The first-order valence-corrected chi connectivity index (χ1v) is 4.96. The molecule has 0 amide bonds. The zero-order valence-electron chi connectivity index (χ0n) is 8.19. The monoisotopic (exact) mass is 165 g/mol. The van der Waals surface area contributed by atoms with Crippen LogP contribution >= 0.6 is 0 Å². The van der Waals surface area contributed by atoms with Crippen molar-refractivity contribution in [1.82, 2.24) is 0 Å². The second kappa shape index (κ2) is 4.34. The Morgan fingerprint density at radius 2 is 2.17 bits per heavy atom. The summed E-state index contributed by atoms with van der Waals surface area (Å²) in [6.07, 6.45) is 8.07. The fraction of sp³-hybridized carbons (Fsp3) is 0.636. The van der Waals surface area contributed by atoms with Crippen LogP contribution in [0.15, 0.2) is 22.9 Å². The molecule has 0 bridgehead atoms. The first-order valence-electron chi connectivity index (χ1n) is 4.96. The fourth-order valence-corrected chi connectivity index (χ4v) is 1.84. The lowest BCUT2D eigenvalue weighted by Crippen LogP contribution is -2.08. The molecule has 2 N–H and O–H groups in total. The van der Waals surface area contributed by atoms with Crippen LogP contribution in [0.1, 0.15) is 46.0 Å². The van der Waals surface area contributed by atoms with Crippen molar-refractivity contribution in [3.05, 3.63) is 22.9 Å². The third-order valence-corrected chi connectivity index (χ3v) is 2.51. The van der Waals surface area contributed by atoms with Crippen molar-refractivity contribution >= 4 is 0 Å². The smallest absolute Gasteiger partial charge is 0.0305 e. The summed E-state index contributed by atoms with van der Waals surface area (Å²) in [4.78, 5) is 0. The third kappa shape index (κ3) is 1.90. The molecular weight excluding hydrogens is 146 g/mol. The predicted octanol–water partition coefficient (Wildman–Crippen LogP) is 3.13. The van der Waals surface area contributed by atoms with Crippen molar-refractivity contribution in [2.75, 3.05) is 0 Å². The molecule has 0 unspecified atom stereocenters. The number of allylic oxidation sites excluding steroid dienone is 3. The summed E-state index contributed by atoms with van der Waals surface area (Å²) in [6, 6.07) is 0. The van der Waals surface area contributed by atoms with Crippen molar-refractivity contribution < 1.29 is 0 Å². The topological polar surface area (TPSA) is 26.0 Å². The van der Waals surface area contributed by atoms with Crippen LogP contribution in [0.3, 0.4) is 0 Å². The summed E-state index contributed by atoms with van der Waals surface area (Å²) >= 11 is 0. The van der Waals surface area contributed by atoms with Gasteiger partial charge < -0.3 is 5.73 Å². The van der Waals surface area contributed by atoms with Gasteiger partial charge in [0.05, 0.1) is 0 Å². The quantitative estimate of drug-likeness (QED) is 0.683. The molecule has 0 aromatic rings. The third-order valence-electron chi connectivity index (χ3n) is 2.51. The Labute approximate surface area is 75.3 Å². The highest BCUT2D eigenvalue weighted by atomic mass is 14.6. The van der Waals surface area contributed by atoms with Crippen molar-refractivity contribution in [2.24, 2.45) is 5.73 Å². The summed E-state index contributed by atoms with van der Waals surface area (Å²) in [5.41, 5.74) is 9.99. The van der Waals surface area contributed by atoms with Crippen LogP contribution < -0.4 is 5.73 Å². The van der Waals surface area contributed by atoms with E-state index in [2.05, 4.69) is 19.9 Å². The molecule has 0 aliphatic heterocycles. The van der Waals surface area contributed by atoms with Gasteiger partial charge >= 0.3 is 0 Å². The van der Waals surface area contributed by atoms with Gasteiger partial charge in [0.1, 0.15) is 0 Å². The van der Waals surface area contributed by atoms with Crippen LogP contribution in [0.4, 0.5) is 0 Å². The van der Waals surface area contributed by atoms with E-state index in [4.69, 9.17) is 5.73 Å². The first-order chi connectivity index (χ1) is 5.79. The van der Waals surface area contributed by atoms with Crippen molar-refractivity contribution in [3.8, 4) is 0 Å². The van der Waals surface area contributed by atoms with Gasteiger partial charge in [0.15, 0.2) is 0 Å². The van der Waals surface area contributed by atoms with Crippen LogP contribution in [0.5, 0.6) is 0 Å². The summed E-state index contributed by atoms with van der Waals surface area (Å²) in [5.74, 6) is 0. The van der Waals surface area contributed by atoms with Crippen LogP contribution in [0, 0.1) is 0 Å². The average Bonchev–Trinajstić information content (AvgIpc) is 2.09. The molecule has 0 aromatic carbocycles. The molecule has 0 fully saturated rings. The van der Waals surface area contributed by atoms with E-state index in [9.17, 15) is 0 Å². The molecule has 0 spiro atoms. The van der Waals surface area contributed by atoms with E-state index in [-0.39, 0.29) is 0 Å². The van der Waals surface area contributed by atoms with E-state index in [0.717, 1.165) is 18.5 Å². The second-order valence-electron chi connectivity index (χ2n) is 3.38. The second-order valence-corrected chi connectivity index (χ2v) is 3.38. The maximum absolute atomic E-state index is 5.93. The Morgan fingerprint density at radius 1 is 1.42 bits per heavy atom. The van der Waals surface area contributed by atoms with Crippen LogP contribution in [0.2, 0.25) is 0 Å². The highest BCUT2D eigenvalue weighted by Crippen LogP contribution is 2.27. The van der Waals surface area contributed by atoms with Crippen molar-refractivity contribution in [1.29, 1.82) is 0 Å². The molecule has 1 heteroatoms. The molecule has 0 atom stereocenters. The van der Waals surface area contributed by atoms with Crippen molar-refractivity contribution in [2.45, 2.75) is 46.0 Å². The molecule has 0 saturated heterocycles. The van der Waals surface area contributed by atoms with Gasteiger partial charge in [-0.05, 0) is 31.3 Å². The van der Waals surface area contributed by atoms with Crippen LogP contribution in [-0.2, 0) is 0 Å². The van der Waals surface area contributed by atoms with E-state index in [1.807, 2.05) is 0 Å². The van der Waals surface area contributed by atoms with Gasteiger partial charge in [-0.2, -0.15) is 0 Å². The highest BCUT2D eigenvalue weighted by molar-refractivity contribution is 5.36. The number of rotatable bonds is 3. The molecule has 68 valence electrons. The molecule has 1 aliphatic carbocycles. The lowest BCUT2D eigenvalue weighted by atomic mass is 9.91. The van der Waals surface area contributed by atoms with Crippen LogP contribution in [-0.4, -0.2) is 0 Å². The highest BCUT2D eigenvalue weighted by Gasteiger charge is 2.10. The van der Waals surface area contributed by atoms with Gasteiger partial charge in [0.25, 0.3) is 0 Å². The largest absolute Gasteiger partial charge is 0.399 e. The lowest BCUT2D eigenvalue weighted by Gasteiger charge is -2.18. The van der Waals surface area contributed by atoms with Gasteiger partial charge in [-0.3, -0.25) is 0 Å². The molecule has 12 heavy (non-hydrogen) atoms. The fourth-order valence-electron chi connectivity index (χ4n) is 1.84. The molecule has 1 aliphatic rings. The van der Waals surface area contributed by atoms with Gasteiger partial charge in [0.2, 0.25) is 0 Å². The SMILES string of the molecule is CCCC1=C(CC)CCC=C1N. The number of hydrogen-bond acceptors (Lipinski definition) is 1. The van der Waals surface area contributed by atoms with Gasteiger partial charge in [-0.15, -0.1) is 0 Å². The number of nitrogens with two attached hydrogens (primary N) is 1. The normalized spacial score (nSPS) is 18.0. The molecule has 1 rings (SSSR count). The minimum atomic E-state index is 1.04. The van der Waals surface area contributed by atoms with E-state index in [0.29, 0.717) is 0 Å². The Kier molecular flexibility index (Phi) is 3.39. The zero-order chi connectivity index (χ0) is 8.97. The van der Waals surface area contributed by atoms with Gasteiger partial charge in [-0.25, -0.2) is 0 Å². The molecule has 1 nitrogen and oxygen atoms in total. The Morgan fingerprint density at radius 3 is 2.75 bits per heavy atom.